The summed E-state index contributed by atoms with van der Waals surface area (Å²) in [6, 6.07) is 8.23. The number of carbonyl (C=O) groups is 1. The lowest BCUT2D eigenvalue weighted by molar-refractivity contribution is -0.136. The smallest absolute Gasteiger partial charge is 0.305 e. The van der Waals surface area contributed by atoms with Crippen molar-refractivity contribution in [3.05, 3.63) is 29.8 Å². The lowest BCUT2D eigenvalue weighted by Crippen LogP contribution is -2.31. The van der Waals surface area contributed by atoms with Crippen molar-refractivity contribution in [1.82, 2.24) is 4.90 Å². The fourth-order valence-corrected chi connectivity index (χ4v) is 2.99. The molecule has 4 heteroatoms. The van der Waals surface area contributed by atoms with Crippen molar-refractivity contribution in [2.75, 3.05) is 37.6 Å². The van der Waals surface area contributed by atoms with Gasteiger partial charge in [0, 0.05) is 18.8 Å². The third kappa shape index (κ3) is 5.05. The summed E-state index contributed by atoms with van der Waals surface area (Å²) in [5.41, 5.74) is 2.38. The number of aryl methyl sites for hydroxylation is 1. The third-order valence-electron chi connectivity index (χ3n) is 4.15. The second-order valence-corrected chi connectivity index (χ2v) is 5.82. The van der Waals surface area contributed by atoms with Gasteiger partial charge in [0.05, 0.1) is 6.42 Å². The number of nitrogens with zero attached hydrogens (tertiary/aromatic N) is 2. The van der Waals surface area contributed by atoms with Gasteiger partial charge >= 0.3 is 5.97 Å². The fraction of sp³-hybridized carbons (Fsp3) is 0.588. The lowest BCUT2D eigenvalue weighted by Gasteiger charge is -2.27. The quantitative estimate of drug-likeness (QED) is 0.799. The van der Waals surface area contributed by atoms with E-state index in [1.54, 1.807) is 0 Å². The van der Waals surface area contributed by atoms with Gasteiger partial charge in [-0.25, -0.2) is 0 Å². The average molecular weight is 290 g/mol. The van der Waals surface area contributed by atoms with E-state index in [1.165, 1.54) is 37.2 Å². The number of hydrogen-bond acceptors (Lipinski definition) is 3. The van der Waals surface area contributed by atoms with E-state index in [-0.39, 0.29) is 6.42 Å². The van der Waals surface area contributed by atoms with Crippen LogP contribution in [-0.2, 0) is 4.79 Å². The Labute approximate surface area is 127 Å². The highest BCUT2D eigenvalue weighted by Gasteiger charge is 2.14. The third-order valence-corrected chi connectivity index (χ3v) is 4.15. The minimum Gasteiger partial charge on any atom is -0.481 e. The first kappa shape index (κ1) is 15.8. The Bertz CT molecular complexity index is 456. The van der Waals surface area contributed by atoms with Crippen LogP contribution in [0.15, 0.2) is 24.3 Å². The summed E-state index contributed by atoms with van der Waals surface area (Å²) < 4.78 is 0. The first-order valence-corrected chi connectivity index (χ1v) is 7.91. The maximum Gasteiger partial charge on any atom is 0.305 e. The van der Waals surface area contributed by atoms with E-state index in [1.807, 2.05) is 12.1 Å². The molecule has 0 atom stereocenters. The standard InChI is InChI=1S/C17H26N2O2/c1-15-7-2-3-8-16(15)19(14-9-17(20)21)13-6-12-18-10-4-5-11-18/h2-3,7-8H,4-6,9-14H2,1H3,(H,20,21). The molecule has 116 valence electrons. The van der Waals surface area contributed by atoms with Crippen molar-refractivity contribution in [2.24, 2.45) is 0 Å². The average Bonchev–Trinajstić information content (AvgIpc) is 2.96. The number of benzene rings is 1. The van der Waals surface area contributed by atoms with Gasteiger partial charge in [-0.2, -0.15) is 0 Å². The highest BCUT2D eigenvalue weighted by atomic mass is 16.4. The van der Waals surface area contributed by atoms with Crippen LogP contribution in [0.4, 0.5) is 5.69 Å². The first-order valence-electron chi connectivity index (χ1n) is 7.91. The number of carboxylic acids is 1. The van der Waals surface area contributed by atoms with E-state index < -0.39 is 5.97 Å². The van der Waals surface area contributed by atoms with Gasteiger partial charge in [-0.1, -0.05) is 18.2 Å². The largest absolute Gasteiger partial charge is 0.481 e. The molecule has 1 N–H and O–H groups in total. The van der Waals surface area contributed by atoms with Crippen LogP contribution in [0.25, 0.3) is 0 Å². The molecule has 21 heavy (non-hydrogen) atoms. The van der Waals surface area contributed by atoms with Gasteiger partial charge in [-0.15, -0.1) is 0 Å². The molecular weight excluding hydrogens is 264 g/mol. The molecule has 1 saturated heterocycles. The minimum absolute atomic E-state index is 0.193. The van der Waals surface area contributed by atoms with E-state index in [0.29, 0.717) is 6.54 Å². The summed E-state index contributed by atoms with van der Waals surface area (Å²) in [7, 11) is 0. The fourth-order valence-electron chi connectivity index (χ4n) is 2.99. The van der Waals surface area contributed by atoms with Crippen LogP contribution in [-0.4, -0.2) is 48.7 Å². The number of anilines is 1. The first-order chi connectivity index (χ1) is 10.2. The monoisotopic (exact) mass is 290 g/mol. The zero-order valence-corrected chi connectivity index (χ0v) is 12.9. The molecule has 1 aromatic rings. The van der Waals surface area contributed by atoms with E-state index in [0.717, 1.165) is 19.5 Å². The Morgan fingerprint density at radius 1 is 1.24 bits per heavy atom. The Morgan fingerprint density at radius 2 is 1.95 bits per heavy atom. The van der Waals surface area contributed by atoms with E-state index in [9.17, 15) is 4.79 Å². The van der Waals surface area contributed by atoms with Gasteiger partial charge in [0.15, 0.2) is 0 Å². The Hall–Kier alpha value is -1.55. The molecular formula is C17H26N2O2. The predicted octanol–water partition coefficient (Wildman–Crippen LogP) is 2.76. The Kier molecular flexibility index (Phi) is 6.05. The molecule has 1 aliphatic heterocycles. The molecule has 0 amide bonds. The number of carboxylic acid groups (broad SMARTS) is 1. The Morgan fingerprint density at radius 3 is 2.62 bits per heavy atom. The van der Waals surface area contributed by atoms with Crippen LogP contribution in [0.3, 0.4) is 0 Å². The van der Waals surface area contributed by atoms with Crippen LogP contribution in [0.2, 0.25) is 0 Å². The molecule has 0 saturated carbocycles. The molecule has 2 rings (SSSR count). The number of aliphatic carboxylic acids is 1. The molecule has 0 bridgehead atoms. The normalized spacial score (nSPS) is 15.3. The minimum atomic E-state index is -0.729. The topological polar surface area (TPSA) is 43.8 Å². The van der Waals surface area contributed by atoms with E-state index in [2.05, 4.69) is 28.9 Å². The summed E-state index contributed by atoms with van der Waals surface area (Å²) in [5.74, 6) is -0.729. The highest BCUT2D eigenvalue weighted by molar-refractivity contribution is 5.68. The molecule has 1 aromatic carbocycles. The van der Waals surface area contributed by atoms with Crippen LogP contribution < -0.4 is 4.90 Å². The van der Waals surface area contributed by atoms with Gasteiger partial charge in [0.2, 0.25) is 0 Å². The second kappa shape index (κ2) is 8.03. The van der Waals surface area contributed by atoms with E-state index in [4.69, 9.17) is 5.11 Å². The molecule has 0 radical (unpaired) electrons. The van der Waals surface area contributed by atoms with Gasteiger partial charge in [-0.05, 0) is 57.5 Å². The van der Waals surface area contributed by atoms with Crippen LogP contribution in [0.5, 0.6) is 0 Å². The summed E-state index contributed by atoms with van der Waals surface area (Å²) in [5, 5.41) is 8.94. The van der Waals surface area contributed by atoms with Crippen molar-refractivity contribution in [3.8, 4) is 0 Å². The predicted molar refractivity (Wildman–Crippen MR) is 85.9 cm³/mol. The van der Waals surface area contributed by atoms with Gasteiger partial charge in [0.1, 0.15) is 0 Å². The SMILES string of the molecule is Cc1ccccc1N(CCCN1CCCC1)CCC(=O)O. The molecule has 0 spiro atoms. The molecule has 1 aliphatic rings. The van der Waals surface area contributed by atoms with Gasteiger partial charge < -0.3 is 14.9 Å². The van der Waals surface area contributed by atoms with E-state index >= 15 is 0 Å². The van der Waals surface area contributed by atoms with Crippen molar-refractivity contribution in [1.29, 1.82) is 0 Å². The molecule has 1 fully saturated rings. The molecule has 1 heterocycles. The van der Waals surface area contributed by atoms with Gasteiger partial charge in [0.25, 0.3) is 0 Å². The number of rotatable bonds is 8. The number of para-hydroxylation sites is 1. The maximum atomic E-state index is 10.9. The second-order valence-electron chi connectivity index (χ2n) is 5.82. The van der Waals surface area contributed by atoms with Crippen molar-refractivity contribution in [3.63, 3.8) is 0 Å². The zero-order chi connectivity index (χ0) is 15.1. The summed E-state index contributed by atoms with van der Waals surface area (Å²) >= 11 is 0. The Balaban J connectivity index is 1.91. The summed E-state index contributed by atoms with van der Waals surface area (Å²) in [6.07, 6.45) is 3.92. The van der Waals surface area contributed by atoms with Crippen molar-refractivity contribution >= 4 is 11.7 Å². The molecule has 0 unspecified atom stereocenters. The maximum absolute atomic E-state index is 10.9. The molecule has 0 aromatic heterocycles. The van der Waals surface area contributed by atoms with Crippen molar-refractivity contribution in [2.45, 2.75) is 32.6 Å². The van der Waals surface area contributed by atoms with Gasteiger partial charge in [-0.3, -0.25) is 4.79 Å². The van der Waals surface area contributed by atoms with Crippen LogP contribution >= 0.6 is 0 Å². The lowest BCUT2D eigenvalue weighted by atomic mass is 10.1. The van der Waals surface area contributed by atoms with Crippen LogP contribution in [0, 0.1) is 6.92 Å². The highest BCUT2D eigenvalue weighted by Crippen LogP contribution is 2.20. The summed E-state index contributed by atoms with van der Waals surface area (Å²) in [6.45, 7) is 7.16. The zero-order valence-electron chi connectivity index (χ0n) is 12.9. The van der Waals surface area contributed by atoms with Crippen molar-refractivity contribution < 1.29 is 9.90 Å². The summed E-state index contributed by atoms with van der Waals surface area (Å²) in [4.78, 5) is 15.6. The molecule has 4 nitrogen and oxygen atoms in total. The number of likely N-dealkylation sites (tertiary alicyclic amines) is 1. The molecule has 0 aliphatic carbocycles. The van der Waals surface area contributed by atoms with Crippen LogP contribution in [0.1, 0.15) is 31.2 Å². The number of hydrogen-bond donors (Lipinski definition) is 1.